The molecule has 0 aromatic heterocycles. The molecule has 0 unspecified atom stereocenters. The van der Waals surface area contributed by atoms with E-state index in [9.17, 15) is 4.79 Å². The number of carbonyl (C=O) groups is 1. The largest absolute Gasteiger partial charge is 0.352 e. The summed E-state index contributed by atoms with van der Waals surface area (Å²) in [6.07, 6.45) is 7.57. The molecule has 1 amide bonds. The van der Waals surface area contributed by atoms with Crippen LogP contribution >= 0.6 is 0 Å². The van der Waals surface area contributed by atoms with Crippen molar-refractivity contribution >= 4 is 5.91 Å². The summed E-state index contributed by atoms with van der Waals surface area (Å²) in [5.74, 6) is 0.900. The molecule has 1 heterocycles. The fraction of sp³-hybridized carbons (Fsp3) is 0.923. The molecule has 2 atom stereocenters. The molecule has 92 valence electrons. The monoisotopic (exact) mass is 224 g/mol. The number of nitrogens with zero attached hydrogens (tertiary/aromatic N) is 1. The lowest BCUT2D eigenvalue weighted by molar-refractivity contribution is -0.123. The van der Waals surface area contributed by atoms with Crippen molar-refractivity contribution in [1.82, 2.24) is 10.2 Å². The van der Waals surface area contributed by atoms with Crippen molar-refractivity contribution in [1.29, 1.82) is 0 Å². The summed E-state index contributed by atoms with van der Waals surface area (Å²) < 4.78 is 0. The van der Waals surface area contributed by atoms with Crippen molar-refractivity contribution in [3.05, 3.63) is 0 Å². The predicted molar refractivity (Wildman–Crippen MR) is 65.2 cm³/mol. The van der Waals surface area contributed by atoms with Gasteiger partial charge >= 0.3 is 0 Å². The van der Waals surface area contributed by atoms with E-state index in [0.717, 1.165) is 13.1 Å². The molecule has 1 N–H and O–H groups in total. The topological polar surface area (TPSA) is 32.3 Å². The van der Waals surface area contributed by atoms with Crippen LogP contribution in [-0.4, -0.2) is 36.5 Å². The molecule has 1 aliphatic heterocycles. The number of carbonyl (C=O) groups excluding carboxylic acids is 1. The van der Waals surface area contributed by atoms with Crippen LogP contribution in [0.15, 0.2) is 0 Å². The molecule has 2 rings (SSSR count). The van der Waals surface area contributed by atoms with E-state index < -0.39 is 0 Å². The summed E-state index contributed by atoms with van der Waals surface area (Å²) in [5.41, 5.74) is 0. The van der Waals surface area contributed by atoms with Crippen molar-refractivity contribution in [3.63, 3.8) is 0 Å². The number of nitrogens with one attached hydrogen (secondary N) is 1. The van der Waals surface area contributed by atoms with Crippen LogP contribution in [0.4, 0.5) is 0 Å². The number of rotatable bonds is 3. The van der Waals surface area contributed by atoms with Crippen LogP contribution < -0.4 is 5.32 Å². The van der Waals surface area contributed by atoms with Gasteiger partial charge in [-0.25, -0.2) is 0 Å². The molecule has 0 radical (unpaired) electrons. The van der Waals surface area contributed by atoms with Crippen LogP contribution in [0, 0.1) is 5.92 Å². The highest BCUT2D eigenvalue weighted by molar-refractivity contribution is 5.78. The van der Waals surface area contributed by atoms with Crippen molar-refractivity contribution in [2.45, 2.75) is 51.5 Å². The number of hydrogen-bond acceptors (Lipinski definition) is 2. The van der Waals surface area contributed by atoms with E-state index in [2.05, 4.69) is 17.1 Å². The molecule has 3 nitrogen and oxygen atoms in total. The average Bonchev–Trinajstić information content (AvgIpc) is 2.74. The van der Waals surface area contributed by atoms with Gasteiger partial charge in [0.05, 0.1) is 6.54 Å². The molecule has 0 aromatic carbocycles. The summed E-state index contributed by atoms with van der Waals surface area (Å²) in [6, 6.07) is 0.434. The zero-order valence-electron chi connectivity index (χ0n) is 10.4. The minimum Gasteiger partial charge on any atom is -0.352 e. The SMILES string of the molecule is C[C@@H]1CCCC[C@@H]1NC(=O)CN1CCCC1. The van der Waals surface area contributed by atoms with E-state index in [4.69, 9.17) is 0 Å². The average molecular weight is 224 g/mol. The van der Waals surface area contributed by atoms with Gasteiger partial charge in [0.1, 0.15) is 0 Å². The van der Waals surface area contributed by atoms with Gasteiger partial charge in [-0.15, -0.1) is 0 Å². The minimum atomic E-state index is 0.237. The third-order valence-corrected chi connectivity index (χ3v) is 4.02. The third kappa shape index (κ3) is 3.21. The zero-order chi connectivity index (χ0) is 11.4. The molecule has 1 saturated carbocycles. The Morgan fingerprint density at radius 3 is 2.56 bits per heavy atom. The summed E-state index contributed by atoms with van der Waals surface area (Å²) >= 11 is 0. The maximum atomic E-state index is 11.9. The number of hydrogen-bond donors (Lipinski definition) is 1. The first-order valence-corrected chi connectivity index (χ1v) is 6.77. The molecule has 16 heavy (non-hydrogen) atoms. The van der Waals surface area contributed by atoms with Crippen LogP contribution in [0.2, 0.25) is 0 Å². The van der Waals surface area contributed by atoms with E-state index in [0.29, 0.717) is 18.5 Å². The Morgan fingerprint density at radius 2 is 1.88 bits per heavy atom. The van der Waals surface area contributed by atoms with Crippen molar-refractivity contribution < 1.29 is 4.79 Å². The highest BCUT2D eigenvalue weighted by Crippen LogP contribution is 2.23. The fourth-order valence-electron chi connectivity index (χ4n) is 2.93. The van der Waals surface area contributed by atoms with E-state index >= 15 is 0 Å². The number of likely N-dealkylation sites (tertiary alicyclic amines) is 1. The van der Waals surface area contributed by atoms with Crippen molar-refractivity contribution in [2.75, 3.05) is 19.6 Å². The smallest absolute Gasteiger partial charge is 0.234 e. The minimum absolute atomic E-state index is 0.237. The van der Waals surface area contributed by atoms with Crippen molar-refractivity contribution in [3.8, 4) is 0 Å². The second-order valence-electron chi connectivity index (χ2n) is 5.42. The van der Waals surface area contributed by atoms with Crippen LogP contribution in [-0.2, 0) is 4.79 Å². The molecule has 0 bridgehead atoms. The van der Waals surface area contributed by atoms with Gasteiger partial charge in [0.15, 0.2) is 0 Å². The van der Waals surface area contributed by atoms with Crippen LogP contribution in [0.25, 0.3) is 0 Å². The van der Waals surface area contributed by atoms with Crippen LogP contribution in [0.1, 0.15) is 45.4 Å². The molecule has 0 spiro atoms. The van der Waals surface area contributed by atoms with Gasteiger partial charge in [-0.1, -0.05) is 19.8 Å². The first-order valence-electron chi connectivity index (χ1n) is 6.77. The molecule has 3 heteroatoms. The molecular formula is C13H24N2O. The lowest BCUT2D eigenvalue weighted by atomic mass is 9.86. The van der Waals surface area contributed by atoms with Gasteiger partial charge in [-0.2, -0.15) is 0 Å². The highest BCUT2D eigenvalue weighted by Gasteiger charge is 2.23. The molecular weight excluding hydrogens is 200 g/mol. The zero-order valence-corrected chi connectivity index (χ0v) is 10.4. The second-order valence-corrected chi connectivity index (χ2v) is 5.42. The van der Waals surface area contributed by atoms with Crippen molar-refractivity contribution in [2.24, 2.45) is 5.92 Å². The predicted octanol–water partition coefficient (Wildman–Crippen LogP) is 1.78. The Bertz CT molecular complexity index is 236. The van der Waals surface area contributed by atoms with Crippen LogP contribution in [0.3, 0.4) is 0 Å². The Balaban J connectivity index is 1.72. The Kier molecular flexibility index (Phi) is 4.22. The van der Waals surface area contributed by atoms with E-state index in [1.54, 1.807) is 0 Å². The highest BCUT2D eigenvalue weighted by atomic mass is 16.2. The summed E-state index contributed by atoms with van der Waals surface area (Å²) in [7, 11) is 0. The summed E-state index contributed by atoms with van der Waals surface area (Å²) in [4.78, 5) is 14.1. The standard InChI is InChI=1S/C13H24N2O/c1-11-6-2-3-7-12(11)14-13(16)10-15-8-4-5-9-15/h11-12H,2-10H2,1H3,(H,14,16)/t11-,12+/m1/s1. The van der Waals surface area contributed by atoms with E-state index in [-0.39, 0.29) is 5.91 Å². The molecule has 0 aromatic rings. The third-order valence-electron chi connectivity index (χ3n) is 4.02. The quantitative estimate of drug-likeness (QED) is 0.792. The van der Waals surface area contributed by atoms with Gasteiger partial charge in [-0.05, 0) is 44.7 Å². The normalized spacial score (nSPS) is 31.6. The molecule has 1 saturated heterocycles. The van der Waals surface area contributed by atoms with Crippen LogP contribution in [0.5, 0.6) is 0 Å². The Labute approximate surface area is 98.6 Å². The summed E-state index contributed by atoms with van der Waals surface area (Å²) in [6.45, 7) is 5.09. The maximum Gasteiger partial charge on any atom is 0.234 e. The van der Waals surface area contributed by atoms with Gasteiger partial charge in [-0.3, -0.25) is 9.69 Å². The van der Waals surface area contributed by atoms with Gasteiger partial charge in [0.25, 0.3) is 0 Å². The fourth-order valence-corrected chi connectivity index (χ4v) is 2.93. The Morgan fingerprint density at radius 1 is 1.19 bits per heavy atom. The lowest BCUT2D eigenvalue weighted by Crippen LogP contribution is -2.45. The first kappa shape index (κ1) is 11.9. The van der Waals surface area contributed by atoms with E-state index in [1.165, 1.54) is 38.5 Å². The van der Waals surface area contributed by atoms with E-state index in [1.807, 2.05) is 0 Å². The first-order chi connectivity index (χ1) is 7.75. The van der Waals surface area contributed by atoms with Gasteiger partial charge in [0.2, 0.25) is 5.91 Å². The van der Waals surface area contributed by atoms with Gasteiger partial charge in [0, 0.05) is 6.04 Å². The molecule has 2 aliphatic rings. The molecule has 1 aliphatic carbocycles. The maximum absolute atomic E-state index is 11.9. The molecule has 2 fully saturated rings. The number of amides is 1. The van der Waals surface area contributed by atoms with Gasteiger partial charge < -0.3 is 5.32 Å². The Hall–Kier alpha value is -0.570. The summed E-state index contributed by atoms with van der Waals surface area (Å²) in [5, 5.41) is 3.21. The lowest BCUT2D eigenvalue weighted by Gasteiger charge is -2.30. The second kappa shape index (κ2) is 5.67.